The zero-order valence-electron chi connectivity index (χ0n) is 9.43. The number of carbonyl (C=O) groups is 2. The number of benzene rings is 1. The van der Waals surface area contributed by atoms with E-state index in [2.05, 4.69) is 0 Å². The van der Waals surface area contributed by atoms with Gasteiger partial charge in [0, 0.05) is 0 Å². The van der Waals surface area contributed by atoms with E-state index in [0.717, 1.165) is 12.1 Å². The summed E-state index contributed by atoms with van der Waals surface area (Å²) in [7, 11) is -4.71. The highest BCUT2D eigenvalue weighted by atomic mass is 32.2. The maximum absolute atomic E-state index is 13.7. The third kappa shape index (κ3) is 3.48. The van der Waals surface area contributed by atoms with Gasteiger partial charge in [0.15, 0.2) is 6.04 Å². The summed E-state index contributed by atoms with van der Waals surface area (Å²) in [5.41, 5.74) is 0. The molecule has 0 aromatic heterocycles. The summed E-state index contributed by atoms with van der Waals surface area (Å²) in [6, 6.07) is 3.97. The van der Waals surface area contributed by atoms with Crippen LogP contribution in [0.4, 0.5) is 4.48 Å². The van der Waals surface area contributed by atoms with Crippen molar-refractivity contribution in [2.45, 2.75) is 17.4 Å². The van der Waals surface area contributed by atoms with Crippen molar-refractivity contribution in [1.82, 2.24) is 4.53 Å². The van der Waals surface area contributed by atoms with E-state index in [1.165, 1.54) is 18.2 Å². The van der Waals surface area contributed by atoms with Crippen LogP contribution in [0.2, 0.25) is 0 Å². The summed E-state index contributed by atoms with van der Waals surface area (Å²) < 4.78 is 36.3. The smallest absolute Gasteiger partial charge is 0.325 e. The Kier molecular flexibility index (Phi) is 4.57. The number of nitrogens with zero attached hydrogens (tertiary/aromatic N) is 1. The summed E-state index contributed by atoms with van der Waals surface area (Å²) >= 11 is 0. The second kappa shape index (κ2) is 5.76. The molecule has 7 nitrogen and oxygen atoms in total. The number of sulfonamides is 1. The Morgan fingerprint density at radius 1 is 1.21 bits per heavy atom. The highest BCUT2D eigenvalue weighted by Gasteiger charge is 2.38. The largest absolute Gasteiger partial charge is 0.481 e. The zero-order valence-corrected chi connectivity index (χ0v) is 10.2. The highest BCUT2D eigenvalue weighted by Crippen LogP contribution is 2.20. The molecular weight excluding hydrogens is 281 g/mol. The molecule has 0 heterocycles. The molecule has 0 aliphatic carbocycles. The van der Waals surface area contributed by atoms with Gasteiger partial charge in [0.25, 0.3) is 10.0 Å². The summed E-state index contributed by atoms with van der Waals surface area (Å²) in [6.07, 6.45) is -1.18. The summed E-state index contributed by atoms with van der Waals surface area (Å²) in [5, 5.41) is 17.2. The minimum absolute atomic E-state index is 0.464. The van der Waals surface area contributed by atoms with Gasteiger partial charge in [-0.2, -0.15) is 0 Å². The number of hydrogen-bond donors (Lipinski definition) is 2. The fourth-order valence-corrected chi connectivity index (χ4v) is 2.47. The van der Waals surface area contributed by atoms with Crippen LogP contribution < -0.4 is 0 Å². The summed E-state index contributed by atoms with van der Waals surface area (Å²) in [4.78, 5) is 20.7. The van der Waals surface area contributed by atoms with Crippen LogP contribution >= 0.6 is 0 Å². The maximum Gasteiger partial charge on any atom is 0.325 e. The molecule has 0 saturated carbocycles. The molecule has 0 radical (unpaired) electrons. The predicted molar refractivity (Wildman–Crippen MR) is 60.3 cm³/mol. The molecule has 0 bridgehead atoms. The van der Waals surface area contributed by atoms with E-state index in [-0.39, 0.29) is 0 Å². The molecule has 1 aromatic rings. The minimum Gasteiger partial charge on any atom is -0.481 e. The lowest BCUT2D eigenvalue weighted by Crippen LogP contribution is -2.41. The van der Waals surface area contributed by atoms with Crippen molar-refractivity contribution in [3.05, 3.63) is 30.3 Å². The van der Waals surface area contributed by atoms with E-state index in [1.54, 1.807) is 0 Å². The molecule has 0 aliphatic rings. The van der Waals surface area contributed by atoms with Crippen LogP contribution in [0.25, 0.3) is 0 Å². The van der Waals surface area contributed by atoms with E-state index in [9.17, 15) is 22.5 Å². The van der Waals surface area contributed by atoms with Gasteiger partial charge in [-0.25, -0.2) is 8.42 Å². The van der Waals surface area contributed by atoms with Gasteiger partial charge < -0.3 is 10.2 Å². The molecule has 0 saturated heterocycles. The molecule has 0 amide bonds. The van der Waals surface area contributed by atoms with Crippen molar-refractivity contribution in [3.8, 4) is 0 Å². The van der Waals surface area contributed by atoms with Crippen molar-refractivity contribution in [3.63, 3.8) is 0 Å². The molecule has 9 heteroatoms. The standard InChI is InChI=1S/C10H10FNO6S/c11-12(8(10(15)16)6-9(13)14)19(17,18)7-4-2-1-3-5-7/h1-5,8H,6H2,(H,13,14)(H,15,16)/t8-/m0/s1. The predicted octanol–water partition coefficient (Wildman–Crippen LogP) is 0.490. The first kappa shape index (κ1) is 15.1. The average Bonchev–Trinajstić information content (AvgIpc) is 2.35. The van der Waals surface area contributed by atoms with E-state index in [4.69, 9.17) is 10.2 Å². The second-order valence-corrected chi connectivity index (χ2v) is 5.28. The first-order valence-electron chi connectivity index (χ1n) is 4.96. The second-order valence-electron chi connectivity index (χ2n) is 3.51. The number of halogens is 1. The van der Waals surface area contributed by atoms with E-state index in [0.29, 0.717) is 0 Å². The van der Waals surface area contributed by atoms with Crippen molar-refractivity contribution >= 4 is 22.0 Å². The number of aliphatic carboxylic acids is 2. The number of hydrogen-bond acceptors (Lipinski definition) is 4. The maximum atomic E-state index is 13.7. The molecule has 2 N–H and O–H groups in total. The lowest BCUT2D eigenvalue weighted by atomic mass is 10.2. The fraction of sp³-hybridized carbons (Fsp3) is 0.200. The third-order valence-corrected chi connectivity index (χ3v) is 3.75. The van der Waals surface area contributed by atoms with Gasteiger partial charge in [0.2, 0.25) is 0 Å². The van der Waals surface area contributed by atoms with Gasteiger partial charge in [0.05, 0.1) is 11.3 Å². The number of carboxylic acid groups (broad SMARTS) is 2. The molecule has 0 aliphatic heterocycles. The molecule has 1 rings (SSSR count). The van der Waals surface area contributed by atoms with Gasteiger partial charge in [-0.05, 0) is 16.7 Å². The quantitative estimate of drug-likeness (QED) is 0.738. The van der Waals surface area contributed by atoms with Crippen LogP contribution in [0.1, 0.15) is 6.42 Å². The van der Waals surface area contributed by atoms with Gasteiger partial charge in [-0.1, -0.05) is 18.2 Å². The Morgan fingerprint density at radius 3 is 2.16 bits per heavy atom. The van der Waals surface area contributed by atoms with Gasteiger partial charge >= 0.3 is 11.9 Å². The third-order valence-electron chi connectivity index (χ3n) is 2.17. The van der Waals surface area contributed by atoms with Crippen LogP contribution in [0.15, 0.2) is 35.2 Å². The first-order valence-corrected chi connectivity index (χ1v) is 6.40. The van der Waals surface area contributed by atoms with E-state index >= 15 is 0 Å². The topological polar surface area (TPSA) is 112 Å². The van der Waals surface area contributed by atoms with Crippen molar-refractivity contribution in [2.24, 2.45) is 0 Å². The lowest BCUT2D eigenvalue weighted by Gasteiger charge is -2.18. The SMILES string of the molecule is O=C(O)C[C@@H](C(=O)O)N(F)S(=O)(=O)c1ccccc1. The van der Waals surface area contributed by atoms with Crippen LogP contribution in [-0.4, -0.2) is 41.1 Å². The number of carboxylic acids is 2. The van der Waals surface area contributed by atoms with E-state index < -0.39 is 43.8 Å². The Hall–Kier alpha value is -2.00. The monoisotopic (exact) mass is 291 g/mol. The molecular formula is C10H10FNO6S. The Morgan fingerprint density at radius 2 is 1.74 bits per heavy atom. The fourth-order valence-electron chi connectivity index (χ4n) is 1.27. The Labute approximate surface area is 107 Å². The Balaban J connectivity index is 3.12. The van der Waals surface area contributed by atoms with Crippen molar-refractivity contribution in [1.29, 1.82) is 0 Å². The zero-order chi connectivity index (χ0) is 14.6. The highest BCUT2D eigenvalue weighted by molar-refractivity contribution is 7.89. The molecule has 19 heavy (non-hydrogen) atoms. The van der Waals surface area contributed by atoms with Crippen molar-refractivity contribution < 1.29 is 32.7 Å². The normalized spacial score (nSPS) is 13.2. The van der Waals surface area contributed by atoms with Crippen LogP contribution in [-0.2, 0) is 19.6 Å². The molecule has 0 unspecified atom stereocenters. The summed E-state index contributed by atoms with van der Waals surface area (Å²) in [6.45, 7) is 0. The van der Waals surface area contributed by atoms with Gasteiger partial charge in [-0.15, -0.1) is 4.48 Å². The van der Waals surface area contributed by atoms with E-state index in [1.807, 2.05) is 0 Å². The molecule has 1 atom stereocenters. The minimum atomic E-state index is -4.71. The van der Waals surface area contributed by atoms with Crippen LogP contribution in [0.3, 0.4) is 0 Å². The molecule has 0 fully saturated rings. The van der Waals surface area contributed by atoms with Crippen molar-refractivity contribution in [2.75, 3.05) is 0 Å². The van der Waals surface area contributed by atoms with Crippen LogP contribution in [0.5, 0.6) is 0 Å². The molecule has 0 spiro atoms. The Bertz CT molecular complexity index is 573. The van der Waals surface area contributed by atoms with Crippen LogP contribution in [0, 0.1) is 0 Å². The average molecular weight is 291 g/mol. The number of rotatable bonds is 6. The molecule has 104 valence electrons. The first-order chi connectivity index (χ1) is 8.76. The summed E-state index contributed by atoms with van der Waals surface area (Å²) in [5.74, 6) is -3.51. The lowest BCUT2D eigenvalue weighted by molar-refractivity contribution is -0.151. The van der Waals surface area contributed by atoms with Gasteiger partial charge in [-0.3, -0.25) is 9.59 Å². The van der Waals surface area contributed by atoms with Gasteiger partial charge in [0.1, 0.15) is 0 Å². The molecule has 1 aromatic carbocycles.